The summed E-state index contributed by atoms with van der Waals surface area (Å²) in [5.41, 5.74) is 2.17. The largest absolute Gasteiger partial charge is 0.505 e. The van der Waals surface area contributed by atoms with Crippen molar-refractivity contribution in [3.8, 4) is 17.2 Å². The molecule has 0 aliphatic rings. The molecule has 1 N–H and O–H groups in total. The van der Waals surface area contributed by atoms with E-state index in [1.54, 1.807) is 30.1 Å². The van der Waals surface area contributed by atoms with Gasteiger partial charge in [-0.15, -0.1) is 0 Å². The van der Waals surface area contributed by atoms with Crippen LogP contribution in [0.15, 0.2) is 43.1 Å². The normalized spacial score (nSPS) is 10.8. The van der Waals surface area contributed by atoms with Gasteiger partial charge in [0.15, 0.2) is 11.6 Å². The number of aromatic hydroxyl groups is 1. The number of nitrogens with zero attached hydrogens (tertiary/aromatic N) is 2. The quantitative estimate of drug-likeness (QED) is 0.800. The number of methoxy groups -OCH3 is 1. The Hall–Kier alpha value is -2.82. The topological polar surface area (TPSA) is 47.3 Å². The molecule has 0 saturated heterocycles. The van der Waals surface area contributed by atoms with Gasteiger partial charge in [0, 0.05) is 6.07 Å². The van der Waals surface area contributed by atoms with Gasteiger partial charge in [0.2, 0.25) is 0 Å². The van der Waals surface area contributed by atoms with E-state index in [2.05, 4.69) is 11.7 Å². The fraction of sp³-hybridized carbons (Fsp3) is 0.0625. The standard InChI is InChI=1S/C16H13FN2O2/c1-3-10-6-14-12(16(7-10)21-2)9-18-19(14)11-4-5-15(20)13(17)8-11/h3-9,20H,1H2,2H3. The Bertz CT molecular complexity index is 840. The van der Waals surface area contributed by atoms with E-state index in [1.807, 2.05) is 12.1 Å². The molecule has 0 bridgehead atoms. The van der Waals surface area contributed by atoms with E-state index in [4.69, 9.17) is 4.74 Å². The lowest BCUT2D eigenvalue weighted by Crippen LogP contribution is -1.97. The van der Waals surface area contributed by atoms with Crippen molar-refractivity contribution in [2.75, 3.05) is 7.11 Å². The Balaban J connectivity index is 2.28. The van der Waals surface area contributed by atoms with Crippen molar-refractivity contribution in [3.05, 3.63) is 54.5 Å². The van der Waals surface area contributed by atoms with Crippen molar-refractivity contribution in [1.82, 2.24) is 9.78 Å². The van der Waals surface area contributed by atoms with Gasteiger partial charge in [0.1, 0.15) is 5.75 Å². The maximum atomic E-state index is 13.5. The lowest BCUT2D eigenvalue weighted by atomic mass is 10.1. The van der Waals surface area contributed by atoms with Gasteiger partial charge < -0.3 is 9.84 Å². The van der Waals surface area contributed by atoms with Crippen LogP contribution in [0.25, 0.3) is 22.7 Å². The Labute approximate surface area is 120 Å². The minimum Gasteiger partial charge on any atom is -0.505 e. The summed E-state index contributed by atoms with van der Waals surface area (Å²) in [4.78, 5) is 0. The summed E-state index contributed by atoms with van der Waals surface area (Å²) in [5.74, 6) is -0.407. The molecule has 0 spiro atoms. The molecule has 5 heteroatoms. The summed E-state index contributed by atoms with van der Waals surface area (Å²) < 4.78 is 20.5. The van der Waals surface area contributed by atoms with E-state index >= 15 is 0 Å². The number of hydrogen-bond donors (Lipinski definition) is 1. The first-order valence-corrected chi connectivity index (χ1v) is 6.31. The van der Waals surface area contributed by atoms with Gasteiger partial charge in [-0.2, -0.15) is 5.10 Å². The third kappa shape index (κ3) is 2.12. The molecule has 0 aliphatic carbocycles. The SMILES string of the molecule is C=Cc1cc(OC)c2cnn(-c3ccc(O)c(F)c3)c2c1. The van der Waals surface area contributed by atoms with Crippen molar-refractivity contribution in [2.24, 2.45) is 0 Å². The van der Waals surface area contributed by atoms with Gasteiger partial charge in [-0.1, -0.05) is 12.7 Å². The predicted octanol–water partition coefficient (Wildman–Crippen LogP) is 3.52. The molecule has 0 radical (unpaired) electrons. The van der Waals surface area contributed by atoms with Crippen molar-refractivity contribution in [2.45, 2.75) is 0 Å². The fourth-order valence-corrected chi connectivity index (χ4v) is 2.24. The number of aromatic nitrogens is 2. The molecule has 1 aromatic heterocycles. The molecule has 0 amide bonds. The molecule has 3 aromatic rings. The predicted molar refractivity (Wildman–Crippen MR) is 79.3 cm³/mol. The van der Waals surface area contributed by atoms with Crippen LogP contribution in [0.4, 0.5) is 4.39 Å². The lowest BCUT2D eigenvalue weighted by molar-refractivity contribution is 0.419. The van der Waals surface area contributed by atoms with Gasteiger partial charge >= 0.3 is 0 Å². The molecule has 1 heterocycles. The number of fused-ring (bicyclic) bond motifs is 1. The zero-order valence-corrected chi connectivity index (χ0v) is 11.4. The molecule has 0 atom stereocenters. The molecule has 0 saturated carbocycles. The summed E-state index contributed by atoms with van der Waals surface area (Å²) in [7, 11) is 1.58. The van der Waals surface area contributed by atoms with Crippen molar-refractivity contribution >= 4 is 17.0 Å². The van der Waals surface area contributed by atoms with Gasteiger partial charge in [-0.3, -0.25) is 0 Å². The third-order valence-corrected chi connectivity index (χ3v) is 3.30. The zero-order valence-electron chi connectivity index (χ0n) is 11.4. The summed E-state index contributed by atoms with van der Waals surface area (Å²) in [6.07, 6.45) is 3.36. The average molecular weight is 284 g/mol. The molecular formula is C16H13FN2O2. The molecule has 21 heavy (non-hydrogen) atoms. The van der Waals surface area contributed by atoms with E-state index < -0.39 is 5.82 Å². The maximum absolute atomic E-state index is 13.5. The molecule has 0 aliphatic heterocycles. The smallest absolute Gasteiger partial charge is 0.166 e. The number of ether oxygens (including phenoxy) is 1. The number of rotatable bonds is 3. The second kappa shape index (κ2) is 4.94. The Morgan fingerprint density at radius 2 is 2.14 bits per heavy atom. The second-order valence-corrected chi connectivity index (χ2v) is 4.55. The fourth-order valence-electron chi connectivity index (χ4n) is 2.24. The highest BCUT2D eigenvalue weighted by Crippen LogP contribution is 2.30. The molecule has 0 fully saturated rings. The minimum atomic E-state index is -0.692. The number of phenols is 1. The highest BCUT2D eigenvalue weighted by Gasteiger charge is 2.12. The highest BCUT2D eigenvalue weighted by atomic mass is 19.1. The summed E-state index contributed by atoms with van der Waals surface area (Å²) in [6.45, 7) is 3.75. The van der Waals surface area contributed by atoms with Crippen LogP contribution in [-0.4, -0.2) is 22.0 Å². The molecule has 4 nitrogen and oxygen atoms in total. The van der Waals surface area contributed by atoms with Crippen molar-refractivity contribution < 1.29 is 14.2 Å². The third-order valence-electron chi connectivity index (χ3n) is 3.30. The van der Waals surface area contributed by atoms with Crippen LogP contribution in [0.2, 0.25) is 0 Å². The van der Waals surface area contributed by atoms with Crippen LogP contribution in [-0.2, 0) is 0 Å². The molecule has 3 rings (SSSR count). The minimum absolute atomic E-state index is 0.389. The van der Waals surface area contributed by atoms with Crippen LogP contribution in [0, 0.1) is 5.82 Å². The van der Waals surface area contributed by atoms with Crippen molar-refractivity contribution in [3.63, 3.8) is 0 Å². The number of halogens is 1. The van der Waals surface area contributed by atoms with Gasteiger partial charge in [0.05, 0.1) is 29.9 Å². The van der Waals surface area contributed by atoms with E-state index in [1.165, 1.54) is 12.1 Å². The number of hydrogen-bond acceptors (Lipinski definition) is 3. The van der Waals surface area contributed by atoms with E-state index in [9.17, 15) is 9.50 Å². The monoisotopic (exact) mass is 284 g/mol. The first-order valence-electron chi connectivity index (χ1n) is 6.31. The van der Waals surface area contributed by atoms with Crippen molar-refractivity contribution in [1.29, 1.82) is 0 Å². The number of phenolic OH excluding ortho intramolecular Hbond substituents is 1. The first kappa shape index (κ1) is 13.2. The van der Waals surface area contributed by atoms with Crippen LogP contribution in [0.1, 0.15) is 5.56 Å². The Morgan fingerprint density at radius 1 is 1.33 bits per heavy atom. The maximum Gasteiger partial charge on any atom is 0.166 e. The van der Waals surface area contributed by atoms with E-state index in [0.29, 0.717) is 11.4 Å². The summed E-state index contributed by atoms with van der Waals surface area (Å²) >= 11 is 0. The van der Waals surface area contributed by atoms with Crippen LogP contribution in [0.5, 0.6) is 11.5 Å². The Morgan fingerprint density at radius 3 is 2.81 bits per heavy atom. The van der Waals surface area contributed by atoms with Gasteiger partial charge in [-0.25, -0.2) is 9.07 Å². The lowest BCUT2D eigenvalue weighted by Gasteiger charge is -2.07. The second-order valence-electron chi connectivity index (χ2n) is 4.55. The molecule has 106 valence electrons. The van der Waals surface area contributed by atoms with Crippen LogP contribution in [0.3, 0.4) is 0 Å². The summed E-state index contributed by atoms with van der Waals surface area (Å²) in [5, 5.41) is 14.4. The first-order chi connectivity index (χ1) is 10.1. The molecule has 0 unspecified atom stereocenters. The zero-order chi connectivity index (χ0) is 15.0. The van der Waals surface area contributed by atoms with Crippen LogP contribution < -0.4 is 4.74 Å². The van der Waals surface area contributed by atoms with Gasteiger partial charge in [0.25, 0.3) is 0 Å². The van der Waals surface area contributed by atoms with E-state index in [0.717, 1.165) is 16.5 Å². The molecule has 2 aromatic carbocycles. The molecular weight excluding hydrogens is 271 g/mol. The average Bonchev–Trinajstić information content (AvgIpc) is 2.92. The van der Waals surface area contributed by atoms with Gasteiger partial charge in [-0.05, 0) is 29.8 Å². The Kier molecular flexibility index (Phi) is 3.10. The van der Waals surface area contributed by atoms with Crippen LogP contribution >= 0.6 is 0 Å². The van der Waals surface area contributed by atoms with E-state index in [-0.39, 0.29) is 5.75 Å². The number of benzene rings is 2. The summed E-state index contributed by atoms with van der Waals surface area (Å²) in [6, 6.07) is 7.88. The highest BCUT2D eigenvalue weighted by molar-refractivity contribution is 5.88.